The van der Waals surface area contributed by atoms with Crippen LogP contribution in [0, 0.1) is 0 Å². The van der Waals surface area contributed by atoms with Gasteiger partial charge in [-0.3, -0.25) is 0 Å². The zero-order chi connectivity index (χ0) is 8.60. The summed E-state index contributed by atoms with van der Waals surface area (Å²) in [5, 5.41) is 9.10. The van der Waals surface area contributed by atoms with Gasteiger partial charge in [-0.25, -0.2) is 4.79 Å². The maximum atomic E-state index is 10.9. The number of carbonyl (C=O) groups is 1. The van der Waals surface area contributed by atoms with E-state index in [4.69, 9.17) is 9.84 Å². The molecule has 3 nitrogen and oxygen atoms in total. The van der Waals surface area contributed by atoms with Crippen LogP contribution in [-0.2, 0) is 9.53 Å². The van der Waals surface area contributed by atoms with Crippen LogP contribution in [0.3, 0.4) is 0 Å². The van der Waals surface area contributed by atoms with Gasteiger partial charge in [-0.15, -0.1) is 0 Å². The Morgan fingerprint density at radius 1 is 1.33 bits per heavy atom. The summed E-state index contributed by atoms with van der Waals surface area (Å²) in [5.41, 5.74) is -0.445. The van der Waals surface area contributed by atoms with Crippen molar-refractivity contribution in [2.45, 2.75) is 37.7 Å². The fraction of sp³-hybridized carbons (Fsp3) is 0.667. The summed E-state index contributed by atoms with van der Waals surface area (Å²) in [6.07, 6.45) is 6.67. The molecule has 0 radical (unpaired) electrons. The van der Waals surface area contributed by atoms with Crippen LogP contribution in [0.4, 0.5) is 0 Å². The standard InChI is InChI=1S/C9H12O3/c10-7-6-9(12-8(7)11)4-2-1-3-5-9/h6,10H,1-5H2. The van der Waals surface area contributed by atoms with E-state index in [9.17, 15) is 4.79 Å². The molecule has 1 spiro atoms. The number of esters is 1. The van der Waals surface area contributed by atoms with Gasteiger partial charge < -0.3 is 9.84 Å². The molecule has 0 unspecified atom stereocenters. The van der Waals surface area contributed by atoms with E-state index in [2.05, 4.69) is 0 Å². The molecule has 66 valence electrons. The van der Waals surface area contributed by atoms with Crippen molar-refractivity contribution in [2.75, 3.05) is 0 Å². The average molecular weight is 168 g/mol. The quantitative estimate of drug-likeness (QED) is 0.560. The van der Waals surface area contributed by atoms with Crippen LogP contribution in [0.1, 0.15) is 32.1 Å². The molecule has 12 heavy (non-hydrogen) atoms. The first-order valence-electron chi connectivity index (χ1n) is 4.37. The van der Waals surface area contributed by atoms with Gasteiger partial charge in [-0.1, -0.05) is 6.42 Å². The first kappa shape index (κ1) is 7.65. The second-order valence-electron chi connectivity index (χ2n) is 3.54. The van der Waals surface area contributed by atoms with Crippen molar-refractivity contribution in [3.8, 4) is 0 Å². The minimum Gasteiger partial charge on any atom is -0.502 e. The summed E-state index contributed by atoms with van der Waals surface area (Å²) in [5.74, 6) is -0.770. The summed E-state index contributed by atoms with van der Waals surface area (Å²) < 4.78 is 5.12. The number of carbonyl (C=O) groups excluding carboxylic acids is 1. The summed E-state index contributed by atoms with van der Waals surface area (Å²) in [7, 11) is 0. The minimum absolute atomic E-state index is 0.211. The summed E-state index contributed by atoms with van der Waals surface area (Å²) in [6.45, 7) is 0. The fourth-order valence-electron chi connectivity index (χ4n) is 1.97. The van der Waals surface area contributed by atoms with Gasteiger partial charge >= 0.3 is 5.97 Å². The van der Waals surface area contributed by atoms with Crippen LogP contribution in [0.15, 0.2) is 11.8 Å². The lowest BCUT2D eigenvalue weighted by molar-refractivity contribution is -0.150. The normalized spacial score (nSPS) is 27.0. The molecule has 1 aliphatic heterocycles. The van der Waals surface area contributed by atoms with E-state index < -0.39 is 11.6 Å². The molecule has 0 aromatic heterocycles. The van der Waals surface area contributed by atoms with Crippen LogP contribution in [0.5, 0.6) is 0 Å². The zero-order valence-corrected chi connectivity index (χ0v) is 6.88. The molecule has 3 heteroatoms. The lowest BCUT2D eigenvalue weighted by atomic mass is 9.85. The molecule has 1 aliphatic carbocycles. The smallest absolute Gasteiger partial charge is 0.374 e. The SMILES string of the molecule is O=C1OC2(C=C1O)CCCCC2. The topological polar surface area (TPSA) is 46.5 Å². The summed E-state index contributed by atoms with van der Waals surface area (Å²) >= 11 is 0. The maximum Gasteiger partial charge on any atom is 0.374 e. The van der Waals surface area contributed by atoms with Gasteiger partial charge in [0.05, 0.1) is 0 Å². The van der Waals surface area contributed by atoms with Crippen LogP contribution >= 0.6 is 0 Å². The largest absolute Gasteiger partial charge is 0.502 e. The van der Waals surface area contributed by atoms with E-state index in [1.807, 2.05) is 0 Å². The van der Waals surface area contributed by atoms with Crippen molar-refractivity contribution in [1.82, 2.24) is 0 Å². The highest BCUT2D eigenvalue weighted by molar-refractivity contribution is 5.88. The number of ether oxygens (including phenoxy) is 1. The summed E-state index contributed by atoms with van der Waals surface area (Å²) in [6, 6.07) is 0. The number of aliphatic hydroxyl groups is 1. The van der Waals surface area contributed by atoms with Crippen LogP contribution < -0.4 is 0 Å². The molecule has 0 aromatic rings. The molecular formula is C9H12O3. The number of rotatable bonds is 0. The van der Waals surface area contributed by atoms with Crippen LogP contribution in [0.2, 0.25) is 0 Å². The third-order valence-electron chi connectivity index (χ3n) is 2.60. The molecule has 0 bridgehead atoms. The first-order chi connectivity index (χ1) is 5.72. The van der Waals surface area contributed by atoms with Gasteiger partial charge in [0.25, 0.3) is 0 Å². The van der Waals surface area contributed by atoms with Gasteiger partial charge in [0, 0.05) is 6.08 Å². The van der Waals surface area contributed by atoms with E-state index in [0.717, 1.165) is 25.7 Å². The highest BCUT2D eigenvalue weighted by Crippen LogP contribution is 2.37. The molecule has 0 saturated heterocycles. The van der Waals surface area contributed by atoms with Crippen molar-refractivity contribution in [1.29, 1.82) is 0 Å². The number of hydrogen-bond acceptors (Lipinski definition) is 3. The van der Waals surface area contributed by atoms with Gasteiger partial charge in [-0.05, 0) is 25.7 Å². The van der Waals surface area contributed by atoms with E-state index >= 15 is 0 Å². The third kappa shape index (κ3) is 1.09. The molecule has 1 fully saturated rings. The Morgan fingerprint density at radius 2 is 2.00 bits per heavy atom. The van der Waals surface area contributed by atoms with Gasteiger partial charge in [0.2, 0.25) is 5.76 Å². The fourth-order valence-corrected chi connectivity index (χ4v) is 1.97. The maximum absolute atomic E-state index is 10.9. The highest BCUT2D eigenvalue weighted by Gasteiger charge is 2.40. The average Bonchev–Trinajstić information content (AvgIpc) is 2.29. The molecule has 0 aromatic carbocycles. The molecule has 0 amide bonds. The Morgan fingerprint density at radius 3 is 2.50 bits per heavy atom. The van der Waals surface area contributed by atoms with Crippen molar-refractivity contribution < 1.29 is 14.6 Å². The van der Waals surface area contributed by atoms with E-state index in [1.54, 1.807) is 6.08 Å². The van der Waals surface area contributed by atoms with Crippen LogP contribution in [-0.4, -0.2) is 16.7 Å². The second kappa shape index (κ2) is 2.51. The Bertz CT molecular complexity index is 236. The lowest BCUT2D eigenvalue weighted by Gasteiger charge is -2.29. The van der Waals surface area contributed by atoms with Crippen molar-refractivity contribution >= 4 is 5.97 Å². The van der Waals surface area contributed by atoms with E-state index in [-0.39, 0.29) is 5.76 Å². The predicted molar refractivity (Wildman–Crippen MR) is 42.6 cm³/mol. The van der Waals surface area contributed by atoms with Crippen molar-refractivity contribution in [3.63, 3.8) is 0 Å². The van der Waals surface area contributed by atoms with E-state index in [1.165, 1.54) is 6.42 Å². The molecule has 2 aliphatic rings. The summed E-state index contributed by atoms with van der Waals surface area (Å²) in [4.78, 5) is 10.9. The molecule has 1 heterocycles. The first-order valence-corrected chi connectivity index (χ1v) is 4.37. The Kier molecular flexibility index (Phi) is 1.60. The zero-order valence-electron chi connectivity index (χ0n) is 6.88. The predicted octanol–water partition coefficient (Wildman–Crippen LogP) is 1.69. The number of aliphatic hydroxyl groups excluding tert-OH is 1. The second-order valence-corrected chi connectivity index (χ2v) is 3.54. The Balaban J connectivity index is 2.18. The minimum atomic E-state index is -0.558. The van der Waals surface area contributed by atoms with Crippen LogP contribution in [0.25, 0.3) is 0 Å². The van der Waals surface area contributed by atoms with Crippen molar-refractivity contribution in [2.24, 2.45) is 0 Å². The monoisotopic (exact) mass is 168 g/mol. The molecule has 1 saturated carbocycles. The van der Waals surface area contributed by atoms with Crippen molar-refractivity contribution in [3.05, 3.63) is 11.8 Å². The molecular weight excluding hydrogens is 156 g/mol. The Labute approximate surface area is 71.0 Å². The lowest BCUT2D eigenvalue weighted by Crippen LogP contribution is -2.30. The van der Waals surface area contributed by atoms with Gasteiger partial charge in [-0.2, -0.15) is 0 Å². The molecule has 2 rings (SSSR count). The van der Waals surface area contributed by atoms with Gasteiger partial charge in [0.15, 0.2) is 0 Å². The third-order valence-corrected chi connectivity index (χ3v) is 2.60. The Hall–Kier alpha value is -0.990. The van der Waals surface area contributed by atoms with E-state index in [0.29, 0.717) is 0 Å². The van der Waals surface area contributed by atoms with Gasteiger partial charge in [0.1, 0.15) is 5.60 Å². The number of hydrogen-bond donors (Lipinski definition) is 1. The molecule has 1 N–H and O–H groups in total. The highest BCUT2D eigenvalue weighted by atomic mass is 16.6. The molecule has 0 atom stereocenters.